The SMILES string of the molecule is C=C(C)CN1C(C)C(=O)Nc2ccc(Cl)cc2S1(=O)=O. The molecule has 0 spiro atoms. The number of benzene rings is 1. The normalized spacial score (nSPS) is 21.8. The number of anilines is 1. The van der Waals surface area contributed by atoms with Gasteiger partial charge in [-0.05, 0) is 32.0 Å². The van der Waals surface area contributed by atoms with Crippen molar-refractivity contribution in [1.82, 2.24) is 4.31 Å². The minimum atomic E-state index is -3.81. The molecule has 108 valence electrons. The number of nitrogens with one attached hydrogen (secondary N) is 1. The number of hydrogen-bond donors (Lipinski definition) is 1. The molecule has 1 aromatic rings. The molecule has 1 atom stereocenters. The standard InChI is InChI=1S/C13H15ClN2O3S/c1-8(2)7-16-9(3)13(17)15-11-5-4-10(14)6-12(11)20(16,18)19/h4-6,9H,1,7H2,2-3H3,(H,15,17). The van der Waals surface area contributed by atoms with Gasteiger partial charge in [-0.1, -0.05) is 23.8 Å². The van der Waals surface area contributed by atoms with E-state index >= 15 is 0 Å². The summed E-state index contributed by atoms with van der Waals surface area (Å²) in [6.45, 7) is 7.06. The van der Waals surface area contributed by atoms with E-state index in [0.29, 0.717) is 10.6 Å². The molecular formula is C13H15ClN2O3S. The lowest BCUT2D eigenvalue weighted by molar-refractivity contribution is -0.119. The first-order valence-corrected chi connectivity index (χ1v) is 7.82. The zero-order valence-electron chi connectivity index (χ0n) is 11.2. The molecule has 0 saturated carbocycles. The second kappa shape index (κ2) is 5.20. The quantitative estimate of drug-likeness (QED) is 0.851. The molecule has 0 aromatic heterocycles. The van der Waals surface area contributed by atoms with E-state index in [9.17, 15) is 13.2 Å². The van der Waals surface area contributed by atoms with Crippen LogP contribution in [0.15, 0.2) is 35.2 Å². The van der Waals surface area contributed by atoms with E-state index in [1.54, 1.807) is 13.8 Å². The maximum atomic E-state index is 12.7. The minimum Gasteiger partial charge on any atom is -0.323 e. The van der Waals surface area contributed by atoms with Crippen LogP contribution in [0, 0.1) is 0 Å². The highest BCUT2D eigenvalue weighted by Crippen LogP contribution is 2.32. The molecule has 1 aliphatic heterocycles. The van der Waals surface area contributed by atoms with Gasteiger partial charge in [-0.25, -0.2) is 8.42 Å². The Morgan fingerprint density at radius 1 is 1.50 bits per heavy atom. The van der Waals surface area contributed by atoms with Crippen LogP contribution in [-0.2, 0) is 14.8 Å². The fourth-order valence-corrected chi connectivity index (χ4v) is 4.07. The third-order valence-corrected chi connectivity index (χ3v) is 5.22. The van der Waals surface area contributed by atoms with Gasteiger partial charge < -0.3 is 5.32 Å². The number of amides is 1. The van der Waals surface area contributed by atoms with Gasteiger partial charge >= 0.3 is 0 Å². The highest BCUT2D eigenvalue weighted by atomic mass is 35.5. The van der Waals surface area contributed by atoms with Gasteiger partial charge in [0.15, 0.2) is 0 Å². The van der Waals surface area contributed by atoms with Gasteiger partial charge in [-0.15, -0.1) is 0 Å². The smallest absolute Gasteiger partial charge is 0.246 e. The summed E-state index contributed by atoms with van der Waals surface area (Å²) in [5.74, 6) is -0.379. The molecule has 7 heteroatoms. The summed E-state index contributed by atoms with van der Waals surface area (Å²) in [5, 5.41) is 2.91. The Morgan fingerprint density at radius 2 is 2.15 bits per heavy atom. The largest absolute Gasteiger partial charge is 0.323 e. The highest BCUT2D eigenvalue weighted by molar-refractivity contribution is 7.89. The van der Waals surface area contributed by atoms with Gasteiger partial charge in [0, 0.05) is 11.6 Å². The Bertz CT molecular complexity index is 685. The molecule has 1 heterocycles. The molecule has 1 aromatic carbocycles. The number of halogens is 1. The van der Waals surface area contributed by atoms with Gasteiger partial charge in [-0.2, -0.15) is 4.31 Å². The summed E-state index contributed by atoms with van der Waals surface area (Å²) >= 11 is 5.87. The molecule has 0 saturated heterocycles. The number of nitrogens with zero attached hydrogens (tertiary/aromatic N) is 1. The maximum Gasteiger partial charge on any atom is 0.246 e. The van der Waals surface area contributed by atoms with Crippen LogP contribution in [0.2, 0.25) is 5.02 Å². The molecular weight excluding hydrogens is 300 g/mol. The number of carbonyl (C=O) groups excluding carboxylic acids is 1. The number of sulfonamides is 1. The van der Waals surface area contributed by atoms with E-state index < -0.39 is 16.1 Å². The van der Waals surface area contributed by atoms with Gasteiger partial charge in [0.1, 0.15) is 10.9 Å². The second-order valence-electron chi connectivity index (χ2n) is 4.81. The lowest BCUT2D eigenvalue weighted by Gasteiger charge is -2.24. The first-order chi connectivity index (χ1) is 9.23. The minimum absolute atomic E-state index is 0.00366. The van der Waals surface area contributed by atoms with Crippen molar-refractivity contribution in [3.8, 4) is 0 Å². The molecule has 20 heavy (non-hydrogen) atoms. The van der Waals surface area contributed by atoms with Crippen LogP contribution in [0.25, 0.3) is 0 Å². The fraction of sp³-hybridized carbons (Fsp3) is 0.308. The third-order valence-electron chi connectivity index (χ3n) is 3.03. The van der Waals surface area contributed by atoms with Crippen molar-refractivity contribution in [2.45, 2.75) is 24.8 Å². The van der Waals surface area contributed by atoms with E-state index in [0.717, 1.165) is 4.31 Å². The topological polar surface area (TPSA) is 66.5 Å². The Balaban J connectivity index is 2.66. The second-order valence-corrected chi connectivity index (χ2v) is 7.11. The van der Waals surface area contributed by atoms with Crippen molar-refractivity contribution in [2.75, 3.05) is 11.9 Å². The van der Waals surface area contributed by atoms with Crippen molar-refractivity contribution in [3.05, 3.63) is 35.4 Å². The maximum absolute atomic E-state index is 12.7. The first kappa shape index (κ1) is 15.0. The zero-order valence-corrected chi connectivity index (χ0v) is 12.8. The van der Waals surface area contributed by atoms with Crippen LogP contribution in [0.3, 0.4) is 0 Å². The molecule has 1 aliphatic rings. The van der Waals surface area contributed by atoms with Crippen molar-refractivity contribution >= 4 is 33.2 Å². The molecule has 1 amide bonds. The molecule has 0 fully saturated rings. The van der Waals surface area contributed by atoms with E-state index in [2.05, 4.69) is 11.9 Å². The lowest BCUT2D eigenvalue weighted by Crippen LogP contribution is -2.43. The molecule has 0 aliphatic carbocycles. The van der Waals surface area contributed by atoms with Gasteiger partial charge in [0.25, 0.3) is 0 Å². The summed E-state index contributed by atoms with van der Waals surface area (Å²) in [4.78, 5) is 12.1. The Hall–Kier alpha value is -1.37. The number of fused-ring (bicyclic) bond motifs is 1. The average molecular weight is 315 g/mol. The van der Waals surface area contributed by atoms with Gasteiger partial charge in [0.05, 0.1) is 5.69 Å². The molecule has 1 unspecified atom stereocenters. The molecule has 5 nitrogen and oxygen atoms in total. The van der Waals surface area contributed by atoms with Crippen molar-refractivity contribution in [3.63, 3.8) is 0 Å². The van der Waals surface area contributed by atoms with Gasteiger partial charge in [-0.3, -0.25) is 4.79 Å². The van der Waals surface area contributed by atoms with Crippen LogP contribution >= 0.6 is 11.6 Å². The first-order valence-electron chi connectivity index (χ1n) is 6.00. The summed E-state index contributed by atoms with van der Waals surface area (Å²) in [6.07, 6.45) is 0. The van der Waals surface area contributed by atoms with Crippen LogP contribution < -0.4 is 5.32 Å². The van der Waals surface area contributed by atoms with E-state index in [-0.39, 0.29) is 23.0 Å². The van der Waals surface area contributed by atoms with E-state index in [4.69, 9.17) is 11.6 Å². The summed E-state index contributed by atoms with van der Waals surface area (Å²) in [5.41, 5.74) is 0.897. The molecule has 0 radical (unpaired) electrons. The average Bonchev–Trinajstić information content (AvgIpc) is 2.41. The third kappa shape index (κ3) is 2.59. The van der Waals surface area contributed by atoms with Crippen LogP contribution in [0.5, 0.6) is 0 Å². The predicted molar refractivity (Wildman–Crippen MR) is 78.2 cm³/mol. The number of hydrogen-bond acceptors (Lipinski definition) is 3. The zero-order chi connectivity index (χ0) is 15.1. The van der Waals surface area contributed by atoms with E-state index in [1.807, 2.05) is 0 Å². The van der Waals surface area contributed by atoms with Gasteiger partial charge in [0.2, 0.25) is 15.9 Å². The Morgan fingerprint density at radius 3 is 2.75 bits per heavy atom. The summed E-state index contributed by atoms with van der Waals surface area (Å²) in [7, 11) is -3.81. The predicted octanol–water partition coefficient (Wildman–Crippen LogP) is 2.25. The number of carbonyl (C=O) groups is 1. The van der Waals surface area contributed by atoms with Crippen LogP contribution in [0.1, 0.15) is 13.8 Å². The monoisotopic (exact) mass is 314 g/mol. The highest BCUT2D eigenvalue weighted by Gasteiger charge is 2.38. The summed E-state index contributed by atoms with van der Waals surface area (Å²) in [6, 6.07) is 3.55. The molecule has 0 bridgehead atoms. The Kier molecular flexibility index (Phi) is 3.90. The number of rotatable bonds is 2. The van der Waals surface area contributed by atoms with Crippen molar-refractivity contribution < 1.29 is 13.2 Å². The molecule has 1 N–H and O–H groups in total. The van der Waals surface area contributed by atoms with Crippen molar-refractivity contribution in [1.29, 1.82) is 0 Å². The van der Waals surface area contributed by atoms with E-state index in [1.165, 1.54) is 18.2 Å². The Labute approximate surface area is 123 Å². The lowest BCUT2D eigenvalue weighted by atomic mass is 10.2. The fourth-order valence-electron chi connectivity index (χ4n) is 2.00. The van der Waals surface area contributed by atoms with Crippen molar-refractivity contribution in [2.24, 2.45) is 0 Å². The van der Waals surface area contributed by atoms with Crippen LogP contribution in [0.4, 0.5) is 5.69 Å². The van der Waals surface area contributed by atoms with Crippen LogP contribution in [-0.4, -0.2) is 31.2 Å². The molecule has 2 rings (SSSR count). The summed E-state index contributed by atoms with van der Waals surface area (Å²) < 4.78 is 26.5.